The maximum Gasteiger partial charge on any atom is 0.250 e. The van der Waals surface area contributed by atoms with E-state index in [0.29, 0.717) is 18.7 Å². The lowest BCUT2D eigenvalue weighted by molar-refractivity contribution is -0.118. The summed E-state index contributed by atoms with van der Waals surface area (Å²) in [4.78, 5) is 16.3. The number of ether oxygens (including phenoxy) is 1. The molecule has 0 saturated heterocycles. The Morgan fingerprint density at radius 1 is 1.48 bits per heavy atom. The number of hydrogen-bond donors (Lipinski definition) is 1. The van der Waals surface area contributed by atoms with E-state index in [2.05, 4.69) is 10.3 Å². The van der Waals surface area contributed by atoms with Crippen LogP contribution < -0.4 is 10.1 Å². The highest BCUT2D eigenvalue weighted by molar-refractivity contribution is 5.99. The van der Waals surface area contributed by atoms with Crippen molar-refractivity contribution < 1.29 is 9.53 Å². The molecule has 1 aliphatic rings. The molecule has 21 heavy (non-hydrogen) atoms. The van der Waals surface area contributed by atoms with E-state index in [1.165, 1.54) is 0 Å². The fraction of sp³-hybridized carbons (Fsp3) is 0.250. The number of carbonyl (C=O) groups excluding carboxylic acids is 1. The third-order valence-corrected chi connectivity index (χ3v) is 3.34. The number of para-hydroxylation sites is 1. The third-order valence-electron chi connectivity index (χ3n) is 3.34. The van der Waals surface area contributed by atoms with Crippen LogP contribution in [0.2, 0.25) is 0 Å². The van der Waals surface area contributed by atoms with Crippen molar-refractivity contribution in [3.63, 3.8) is 0 Å². The van der Waals surface area contributed by atoms with Gasteiger partial charge in [0.2, 0.25) is 0 Å². The number of benzene rings is 1. The molecule has 0 spiro atoms. The van der Waals surface area contributed by atoms with Crippen molar-refractivity contribution >= 4 is 12.0 Å². The van der Waals surface area contributed by atoms with Gasteiger partial charge in [-0.3, -0.25) is 4.79 Å². The summed E-state index contributed by atoms with van der Waals surface area (Å²) in [5, 5.41) is 2.98. The highest BCUT2D eigenvalue weighted by Gasteiger charge is 2.18. The summed E-state index contributed by atoms with van der Waals surface area (Å²) in [5.41, 5.74) is 1.59. The molecule has 5 nitrogen and oxygen atoms in total. The Kier molecular flexibility index (Phi) is 3.73. The molecule has 1 aromatic heterocycles. The van der Waals surface area contributed by atoms with Crippen LogP contribution in [0, 0.1) is 0 Å². The van der Waals surface area contributed by atoms with Gasteiger partial charge in [-0.15, -0.1) is 0 Å². The van der Waals surface area contributed by atoms with Gasteiger partial charge in [-0.2, -0.15) is 0 Å². The van der Waals surface area contributed by atoms with Crippen LogP contribution in [-0.4, -0.2) is 28.1 Å². The molecule has 0 aliphatic carbocycles. The molecule has 1 aromatic carbocycles. The largest absolute Gasteiger partial charge is 0.488 e. The molecule has 3 rings (SSSR count). The second kappa shape index (κ2) is 5.83. The molecular formula is C16H17N3O2. The first-order chi connectivity index (χ1) is 10.2. The van der Waals surface area contributed by atoms with Crippen LogP contribution in [0.5, 0.6) is 5.75 Å². The van der Waals surface area contributed by atoms with Gasteiger partial charge in [-0.05, 0) is 19.1 Å². The summed E-state index contributed by atoms with van der Waals surface area (Å²) in [6.07, 6.45) is 7.23. The van der Waals surface area contributed by atoms with Crippen LogP contribution in [0.15, 0.2) is 48.6 Å². The van der Waals surface area contributed by atoms with Crippen molar-refractivity contribution in [2.24, 2.45) is 0 Å². The summed E-state index contributed by atoms with van der Waals surface area (Å²) < 4.78 is 7.54. The molecule has 0 radical (unpaired) electrons. The second-order valence-electron chi connectivity index (χ2n) is 5.13. The number of nitrogens with zero attached hydrogens (tertiary/aromatic N) is 2. The van der Waals surface area contributed by atoms with E-state index in [1.807, 2.05) is 48.0 Å². The van der Waals surface area contributed by atoms with E-state index < -0.39 is 0 Å². The molecule has 2 aromatic rings. The number of nitrogens with one attached hydrogen (secondary N) is 1. The van der Waals surface area contributed by atoms with Crippen LogP contribution in [-0.2, 0) is 11.3 Å². The van der Waals surface area contributed by atoms with Crippen molar-refractivity contribution in [3.8, 4) is 5.75 Å². The van der Waals surface area contributed by atoms with Crippen molar-refractivity contribution in [2.45, 2.75) is 19.5 Å². The minimum Gasteiger partial charge on any atom is -0.488 e. The van der Waals surface area contributed by atoms with Crippen LogP contribution in [0.1, 0.15) is 12.5 Å². The van der Waals surface area contributed by atoms with Gasteiger partial charge in [0, 0.05) is 30.5 Å². The van der Waals surface area contributed by atoms with Gasteiger partial charge in [-0.25, -0.2) is 4.98 Å². The van der Waals surface area contributed by atoms with E-state index >= 15 is 0 Å². The number of fused-ring (bicyclic) bond motifs is 1. The minimum atomic E-state index is -0.0860. The van der Waals surface area contributed by atoms with E-state index in [-0.39, 0.29) is 11.9 Å². The lowest BCUT2D eigenvalue weighted by Crippen LogP contribution is -2.37. The van der Waals surface area contributed by atoms with Crippen LogP contribution in [0.3, 0.4) is 0 Å². The molecule has 1 amide bonds. The predicted molar refractivity (Wildman–Crippen MR) is 79.7 cm³/mol. The first-order valence-electron chi connectivity index (χ1n) is 6.91. The van der Waals surface area contributed by atoms with Gasteiger partial charge < -0.3 is 14.6 Å². The fourth-order valence-electron chi connectivity index (χ4n) is 2.32. The standard InChI is InChI=1S/C16H17N3O2/c1-12(9-19-7-6-17-11-19)18-16(20)14-8-13-4-2-3-5-15(13)21-10-14/h2-8,11-12H,9-10H2,1H3,(H,18,20)/t12-/m1/s1. The maximum absolute atomic E-state index is 12.3. The normalized spacial score (nSPS) is 14.6. The Balaban J connectivity index is 1.65. The summed E-state index contributed by atoms with van der Waals surface area (Å²) in [6, 6.07) is 7.72. The molecule has 0 fully saturated rings. The molecule has 0 unspecified atom stereocenters. The molecule has 1 N–H and O–H groups in total. The van der Waals surface area contributed by atoms with Gasteiger partial charge >= 0.3 is 0 Å². The van der Waals surface area contributed by atoms with Crippen LogP contribution >= 0.6 is 0 Å². The number of carbonyl (C=O) groups is 1. The van der Waals surface area contributed by atoms with Crippen LogP contribution in [0.25, 0.3) is 6.08 Å². The first-order valence-corrected chi connectivity index (χ1v) is 6.91. The van der Waals surface area contributed by atoms with Crippen molar-refractivity contribution in [1.29, 1.82) is 0 Å². The molecule has 5 heteroatoms. The zero-order valence-corrected chi connectivity index (χ0v) is 11.8. The van der Waals surface area contributed by atoms with E-state index in [4.69, 9.17) is 4.74 Å². The van der Waals surface area contributed by atoms with Gasteiger partial charge in [0.25, 0.3) is 5.91 Å². The molecule has 2 heterocycles. The van der Waals surface area contributed by atoms with E-state index in [9.17, 15) is 4.79 Å². The highest BCUT2D eigenvalue weighted by Crippen LogP contribution is 2.25. The fourth-order valence-corrected chi connectivity index (χ4v) is 2.32. The minimum absolute atomic E-state index is 0.0183. The number of rotatable bonds is 4. The lowest BCUT2D eigenvalue weighted by Gasteiger charge is -2.20. The quantitative estimate of drug-likeness (QED) is 0.932. The summed E-state index contributed by atoms with van der Waals surface area (Å²) in [5.74, 6) is 0.734. The summed E-state index contributed by atoms with van der Waals surface area (Å²) in [7, 11) is 0. The summed E-state index contributed by atoms with van der Waals surface area (Å²) >= 11 is 0. The first kappa shape index (κ1) is 13.4. The van der Waals surface area contributed by atoms with E-state index in [1.54, 1.807) is 12.5 Å². The van der Waals surface area contributed by atoms with Gasteiger partial charge in [0.15, 0.2) is 0 Å². The molecule has 0 bridgehead atoms. The second-order valence-corrected chi connectivity index (χ2v) is 5.13. The number of amides is 1. The predicted octanol–water partition coefficient (Wildman–Crippen LogP) is 1.86. The maximum atomic E-state index is 12.3. The molecular weight excluding hydrogens is 266 g/mol. The third kappa shape index (κ3) is 3.13. The van der Waals surface area contributed by atoms with Gasteiger partial charge in [-0.1, -0.05) is 18.2 Å². The van der Waals surface area contributed by atoms with Crippen molar-refractivity contribution in [1.82, 2.24) is 14.9 Å². The monoisotopic (exact) mass is 283 g/mol. The average Bonchev–Trinajstić information content (AvgIpc) is 2.99. The Labute approximate surface area is 123 Å². The van der Waals surface area contributed by atoms with Crippen molar-refractivity contribution in [2.75, 3.05) is 6.61 Å². The number of imidazole rings is 1. The zero-order valence-electron chi connectivity index (χ0n) is 11.8. The van der Waals surface area contributed by atoms with Gasteiger partial charge in [0.05, 0.1) is 11.9 Å². The number of hydrogen-bond acceptors (Lipinski definition) is 3. The molecule has 1 atom stereocenters. The lowest BCUT2D eigenvalue weighted by atomic mass is 10.1. The van der Waals surface area contributed by atoms with Crippen LogP contribution in [0.4, 0.5) is 0 Å². The summed E-state index contributed by atoms with van der Waals surface area (Å²) in [6.45, 7) is 2.97. The zero-order chi connectivity index (χ0) is 14.7. The topological polar surface area (TPSA) is 56.2 Å². The molecule has 0 saturated carbocycles. The Morgan fingerprint density at radius 2 is 2.33 bits per heavy atom. The van der Waals surface area contributed by atoms with Crippen molar-refractivity contribution in [3.05, 3.63) is 54.1 Å². The Bertz CT molecular complexity index is 662. The SMILES string of the molecule is C[C@H](Cn1ccnc1)NC(=O)C1=Cc2ccccc2OC1. The smallest absolute Gasteiger partial charge is 0.250 e. The molecule has 108 valence electrons. The average molecular weight is 283 g/mol. The Hall–Kier alpha value is -2.56. The van der Waals surface area contributed by atoms with E-state index in [0.717, 1.165) is 11.3 Å². The Morgan fingerprint density at radius 3 is 3.14 bits per heavy atom. The van der Waals surface area contributed by atoms with Gasteiger partial charge in [0.1, 0.15) is 12.4 Å². The molecule has 1 aliphatic heterocycles. The number of aromatic nitrogens is 2. The highest BCUT2D eigenvalue weighted by atomic mass is 16.5.